The Morgan fingerprint density at radius 2 is 2.25 bits per heavy atom. The number of likely N-dealkylation sites (tertiary alicyclic amines) is 1. The third-order valence-corrected chi connectivity index (χ3v) is 4.34. The summed E-state index contributed by atoms with van der Waals surface area (Å²) in [7, 11) is 0. The summed E-state index contributed by atoms with van der Waals surface area (Å²) in [5, 5.41) is 3.55. The number of hydrogen-bond donors (Lipinski definition) is 1. The van der Waals surface area contributed by atoms with E-state index in [-0.39, 0.29) is 5.82 Å². The molecule has 2 nitrogen and oxygen atoms in total. The summed E-state index contributed by atoms with van der Waals surface area (Å²) >= 11 is 0. The van der Waals surface area contributed by atoms with E-state index in [4.69, 9.17) is 0 Å². The summed E-state index contributed by atoms with van der Waals surface area (Å²) in [6.45, 7) is 9.94. The largest absolute Gasteiger partial charge is 0.382 e. The van der Waals surface area contributed by atoms with Crippen LogP contribution in [-0.4, -0.2) is 30.6 Å². The molecule has 3 heteroatoms. The fourth-order valence-electron chi connectivity index (χ4n) is 3.13. The Kier molecular flexibility index (Phi) is 5.41. The number of rotatable bonds is 5. The molecule has 2 atom stereocenters. The molecule has 1 aliphatic heterocycles. The molecule has 2 unspecified atom stereocenters. The van der Waals surface area contributed by atoms with Gasteiger partial charge in [0.2, 0.25) is 0 Å². The van der Waals surface area contributed by atoms with Crippen LogP contribution in [0, 0.1) is 18.7 Å². The number of halogens is 1. The molecule has 1 aromatic rings. The molecule has 1 aliphatic rings. The average Bonchev–Trinajstić information content (AvgIpc) is 2.43. The van der Waals surface area contributed by atoms with Gasteiger partial charge in [0.25, 0.3) is 0 Å². The summed E-state index contributed by atoms with van der Waals surface area (Å²) in [5.74, 6) is 0.552. The van der Waals surface area contributed by atoms with E-state index in [0.29, 0.717) is 17.5 Å². The Balaban J connectivity index is 1.93. The normalized spacial score (nSPS) is 21.7. The molecule has 1 saturated heterocycles. The van der Waals surface area contributed by atoms with Crippen LogP contribution in [0.5, 0.6) is 0 Å². The first-order valence-electron chi connectivity index (χ1n) is 7.85. The lowest BCUT2D eigenvalue weighted by Crippen LogP contribution is -2.42. The van der Waals surface area contributed by atoms with Gasteiger partial charge in [-0.3, -0.25) is 0 Å². The molecule has 1 fully saturated rings. The lowest BCUT2D eigenvalue weighted by atomic mass is 9.91. The summed E-state index contributed by atoms with van der Waals surface area (Å²) in [4.78, 5) is 2.57. The second-order valence-electron chi connectivity index (χ2n) is 6.10. The van der Waals surface area contributed by atoms with Crippen LogP contribution in [0.1, 0.15) is 38.7 Å². The Bertz CT molecular complexity index is 431. The van der Waals surface area contributed by atoms with Crippen molar-refractivity contribution < 1.29 is 4.39 Å². The van der Waals surface area contributed by atoms with Crippen LogP contribution in [0.15, 0.2) is 18.2 Å². The van der Waals surface area contributed by atoms with Crippen molar-refractivity contribution in [1.82, 2.24) is 4.90 Å². The van der Waals surface area contributed by atoms with Crippen molar-refractivity contribution in [3.8, 4) is 0 Å². The third kappa shape index (κ3) is 3.95. The fraction of sp³-hybridized carbons (Fsp3) is 0.647. The van der Waals surface area contributed by atoms with Gasteiger partial charge in [-0.15, -0.1) is 0 Å². The predicted octanol–water partition coefficient (Wildman–Crippen LogP) is 4.06. The smallest absolute Gasteiger partial charge is 0.126 e. The van der Waals surface area contributed by atoms with Crippen LogP contribution in [0.25, 0.3) is 0 Å². The first kappa shape index (κ1) is 15.3. The van der Waals surface area contributed by atoms with Crippen LogP contribution < -0.4 is 5.32 Å². The summed E-state index contributed by atoms with van der Waals surface area (Å²) in [6.07, 6.45) is 3.80. The number of anilines is 1. The minimum atomic E-state index is -0.130. The number of piperidine rings is 1. The van der Waals surface area contributed by atoms with Gasteiger partial charge >= 0.3 is 0 Å². The molecule has 0 amide bonds. The molecule has 1 heterocycles. The van der Waals surface area contributed by atoms with Crippen molar-refractivity contribution in [2.75, 3.05) is 25.0 Å². The van der Waals surface area contributed by atoms with Crippen LogP contribution in [0.2, 0.25) is 0 Å². The quantitative estimate of drug-likeness (QED) is 0.874. The first-order chi connectivity index (χ1) is 9.60. The topological polar surface area (TPSA) is 15.3 Å². The van der Waals surface area contributed by atoms with Gasteiger partial charge in [0, 0.05) is 18.3 Å². The predicted molar refractivity (Wildman–Crippen MR) is 83.7 cm³/mol. The van der Waals surface area contributed by atoms with E-state index in [1.165, 1.54) is 38.9 Å². The van der Waals surface area contributed by atoms with E-state index < -0.39 is 0 Å². The Labute approximate surface area is 122 Å². The third-order valence-electron chi connectivity index (χ3n) is 4.34. The monoisotopic (exact) mass is 278 g/mol. The number of aryl methyl sites for hydroxylation is 1. The van der Waals surface area contributed by atoms with Gasteiger partial charge in [0.15, 0.2) is 0 Å². The van der Waals surface area contributed by atoms with Gasteiger partial charge < -0.3 is 10.2 Å². The van der Waals surface area contributed by atoms with E-state index >= 15 is 0 Å². The molecule has 112 valence electrons. The number of nitrogens with one attached hydrogen (secondary N) is 1. The zero-order chi connectivity index (χ0) is 14.5. The summed E-state index contributed by atoms with van der Waals surface area (Å²) in [6, 6.07) is 5.72. The van der Waals surface area contributed by atoms with E-state index in [1.807, 2.05) is 19.1 Å². The number of hydrogen-bond acceptors (Lipinski definition) is 2. The highest BCUT2D eigenvalue weighted by atomic mass is 19.1. The molecule has 0 spiro atoms. The molecule has 20 heavy (non-hydrogen) atoms. The summed E-state index contributed by atoms with van der Waals surface area (Å²) in [5.41, 5.74) is 1.74. The zero-order valence-electron chi connectivity index (χ0n) is 13.0. The minimum absolute atomic E-state index is 0.130. The molecular formula is C17H27FN2. The van der Waals surface area contributed by atoms with Crippen LogP contribution >= 0.6 is 0 Å². The maximum atomic E-state index is 13.3. The molecule has 0 bridgehead atoms. The van der Waals surface area contributed by atoms with Crippen molar-refractivity contribution in [3.63, 3.8) is 0 Å². The van der Waals surface area contributed by atoms with E-state index in [0.717, 1.165) is 5.69 Å². The highest BCUT2D eigenvalue weighted by molar-refractivity contribution is 5.46. The standard InChI is InChI=1S/C17H27FN2/c1-4-9-20-10-5-6-15(12-20)14(3)19-16-7-8-17(18)13(2)11-16/h7-8,11,14-15,19H,4-6,9-10,12H2,1-3H3. The van der Waals surface area contributed by atoms with Crippen molar-refractivity contribution in [1.29, 1.82) is 0 Å². The van der Waals surface area contributed by atoms with Crippen LogP contribution in [0.4, 0.5) is 10.1 Å². The molecule has 0 radical (unpaired) electrons. The molecule has 0 aromatic heterocycles. The maximum absolute atomic E-state index is 13.3. The molecule has 1 N–H and O–H groups in total. The van der Waals surface area contributed by atoms with E-state index in [9.17, 15) is 4.39 Å². The Morgan fingerprint density at radius 1 is 1.45 bits per heavy atom. The van der Waals surface area contributed by atoms with Gasteiger partial charge in [-0.05, 0) is 75.9 Å². The number of benzene rings is 1. The van der Waals surface area contributed by atoms with Crippen molar-refractivity contribution in [2.24, 2.45) is 5.92 Å². The zero-order valence-corrected chi connectivity index (χ0v) is 13.0. The second-order valence-corrected chi connectivity index (χ2v) is 6.10. The van der Waals surface area contributed by atoms with Gasteiger partial charge in [0.1, 0.15) is 5.82 Å². The lowest BCUT2D eigenvalue weighted by Gasteiger charge is -2.36. The van der Waals surface area contributed by atoms with Gasteiger partial charge in [-0.1, -0.05) is 6.92 Å². The molecule has 2 rings (SSSR count). The van der Waals surface area contributed by atoms with Crippen LogP contribution in [0.3, 0.4) is 0 Å². The Hall–Kier alpha value is -1.09. The van der Waals surface area contributed by atoms with Gasteiger partial charge in [-0.2, -0.15) is 0 Å². The molecular weight excluding hydrogens is 251 g/mol. The first-order valence-corrected chi connectivity index (χ1v) is 7.85. The summed E-state index contributed by atoms with van der Waals surface area (Å²) < 4.78 is 13.3. The molecule has 0 saturated carbocycles. The van der Waals surface area contributed by atoms with Gasteiger partial charge in [0.05, 0.1) is 0 Å². The van der Waals surface area contributed by atoms with Crippen molar-refractivity contribution in [2.45, 2.75) is 46.1 Å². The average molecular weight is 278 g/mol. The van der Waals surface area contributed by atoms with Crippen molar-refractivity contribution >= 4 is 5.69 Å². The van der Waals surface area contributed by atoms with E-state index in [2.05, 4.69) is 24.1 Å². The SMILES string of the molecule is CCCN1CCCC(C(C)Nc2ccc(F)c(C)c2)C1. The fourth-order valence-corrected chi connectivity index (χ4v) is 3.13. The minimum Gasteiger partial charge on any atom is -0.382 e. The highest BCUT2D eigenvalue weighted by Gasteiger charge is 2.24. The lowest BCUT2D eigenvalue weighted by molar-refractivity contribution is 0.165. The van der Waals surface area contributed by atoms with Crippen LogP contribution in [-0.2, 0) is 0 Å². The van der Waals surface area contributed by atoms with Gasteiger partial charge in [-0.25, -0.2) is 4.39 Å². The Morgan fingerprint density at radius 3 is 2.95 bits per heavy atom. The second kappa shape index (κ2) is 7.07. The van der Waals surface area contributed by atoms with E-state index in [1.54, 1.807) is 6.07 Å². The molecule has 1 aromatic carbocycles. The van der Waals surface area contributed by atoms with Crippen molar-refractivity contribution in [3.05, 3.63) is 29.6 Å². The number of nitrogens with zero attached hydrogens (tertiary/aromatic N) is 1. The molecule has 0 aliphatic carbocycles. The highest BCUT2D eigenvalue weighted by Crippen LogP contribution is 2.23. The maximum Gasteiger partial charge on any atom is 0.126 e.